The molecule has 2 aromatic carbocycles. The Balaban J connectivity index is 2.51. The largest absolute Gasteiger partial charge is 0.372 e. The van der Waals surface area contributed by atoms with Crippen molar-refractivity contribution in [1.29, 1.82) is 0 Å². The maximum absolute atomic E-state index is 13.2. The molecule has 0 saturated carbocycles. The molecule has 0 unspecified atom stereocenters. The lowest BCUT2D eigenvalue weighted by Gasteiger charge is -2.42. The van der Waals surface area contributed by atoms with Gasteiger partial charge in [-0.1, -0.05) is 92.7 Å². The zero-order valence-corrected chi connectivity index (χ0v) is 20.1. The summed E-state index contributed by atoms with van der Waals surface area (Å²) in [5, 5.41) is 13.6. The highest BCUT2D eigenvalue weighted by atomic mass is 35.5. The second-order valence-corrected chi connectivity index (χ2v) is 9.72. The van der Waals surface area contributed by atoms with E-state index in [4.69, 9.17) is 23.2 Å². The Labute approximate surface area is 190 Å². The summed E-state index contributed by atoms with van der Waals surface area (Å²) in [5.74, 6) is -0.445. The van der Waals surface area contributed by atoms with Crippen LogP contribution in [-0.2, 0) is 0 Å². The van der Waals surface area contributed by atoms with E-state index in [0.717, 1.165) is 29.5 Å². The zero-order chi connectivity index (χ0) is 22.6. The Bertz CT molecular complexity index is 853. The van der Waals surface area contributed by atoms with Crippen molar-refractivity contribution in [3.05, 3.63) is 68.7 Å². The molecule has 0 bridgehead atoms. The van der Waals surface area contributed by atoms with Gasteiger partial charge in [-0.25, -0.2) is 0 Å². The Hall–Kier alpha value is -1.59. The SMILES string of the molecule is CCC[C@H](N(NC(=O)c1c(Cl)cccc1Cl)[C@@H](O)c1cc(C)cc(C)c1)C(C)(C)C. The first-order valence-corrected chi connectivity index (χ1v) is 11.0. The molecule has 0 aliphatic heterocycles. The van der Waals surface area contributed by atoms with Crippen molar-refractivity contribution in [2.75, 3.05) is 0 Å². The smallest absolute Gasteiger partial charge is 0.268 e. The minimum Gasteiger partial charge on any atom is -0.372 e. The zero-order valence-electron chi connectivity index (χ0n) is 18.6. The maximum atomic E-state index is 13.2. The third-order valence-corrected chi connectivity index (χ3v) is 5.75. The van der Waals surface area contributed by atoms with Crippen LogP contribution in [0.2, 0.25) is 10.0 Å². The van der Waals surface area contributed by atoms with Gasteiger partial charge in [0.2, 0.25) is 0 Å². The lowest BCUT2D eigenvalue weighted by Crippen LogP contribution is -2.55. The molecule has 2 N–H and O–H groups in total. The number of aliphatic hydroxyl groups excluding tert-OH is 1. The van der Waals surface area contributed by atoms with Crippen LogP contribution in [0, 0.1) is 19.3 Å². The Morgan fingerprint density at radius 3 is 2.10 bits per heavy atom. The van der Waals surface area contributed by atoms with E-state index in [1.54, 1.807) is 23.2 Å². The molecule has 0 aliphatic rings. The van der Waals surface area contributed by atoms with Crippen LogP contribution in [0.25, 0.3) is 0 Å². The second-order valence-electron chi connectivity index (χ2n) is 8.91. The summed E-state index contributed by atoms with van der Waals surface area (Å²) >= 11 is 12.5. The monoisotopic (exact) mass is 450 g/mol. The standard InChI is InChI=1S/C24H32Cl2N2O2/c1-7-9-20(24(4,5)6)28(23(30)17-13-15(2)12-16(3)14-17)27-22(29)21-18(25)10-8-11-19(21)26/h8,10-14,20,23,30H,7,9H2,1-6H3,(H,27,29)/t20-,23-/m0/s1. The minimum absolute atomic E-state index is 0.122. The number of carbonyl (C=O) groups excluding carboxylic acids is 1. The van der Waals surface area contributed by atoms with Crippen LogP contribution in [0.3, 0.4) is 0 Å². The normalized spacial score (nSPS) is 13.9. The number of amides is 1. The molecule has 6 heteroatoms. The van der Waals surface area contributed by atoms with E-state index >= 15 is 0 Å². The van der Waals surface area contributed by atoms with E-state index in [2.05, 4.69) is 39.2 Å². The average molecular weight is 451 g/mol. The highest BCUT2D eigenvalue weighted by molar-refractivity contribution is 6.39. The number of hydrazine groups is 1. The Kier molecular flexibility index (Phi) is 8.35. The number of nitrogens with one attached hydrogen (secondary N) is 1. The van der Waals surface area contributed by atoms with E-state index < -0.39 is 12.1 Å². The summed E-state index contributed by atoms with van der Waals surface area (Å²) in [7, 11) is 0. The molecule has 0 aliphatic carbocycles. The highest BCUT2D eigenvalue weighted by Crippen LogP contribution is 2.33. The molecule has 0 fully saturated rings. The van der Waals surface area contributed by atoms with Gasteiger partial charge >= 0.3 is 0 Å². The van der Waals surface area contributed by atoms with Crippen LogP contribution in [0.4, 0.5) is 0 Å². The predicted octanol–water partition coefficient (Wildman–Crippen LogP) is 6.46. The predicted molar refractivity (Wildman–Crippen MR) is 125 cm³/mol. The fourth-order valence-corrected chi connectivity index (χ4v) is 4.35. The van der Waals surface area contributed by atoms with Gasteiger partial charge in [0.1, 0.15) is 6.23 Å². The molecular formula is C24H32Cl2N2O2. The third-order valence-electron chi connectivity index (χ3n) is 5.12. The van der Waals surface area contributed by atoms with Gasteiger partial charge in [-0.3, -0.25) is 10.2 Å². The molecule has 0 saturated heterocycles. The third kappa shape index (κ3) is 5.98. The summed E-state index contributed by atoms with van der Waals surface area (Å²) in [6, 6.07) is 10.7. The van der Waals surface area contributed by atoms with E-state index in [1.807, 2.05) is 26.0 Å². The molecule has 0 spiro atoms. The molecule has 2 atom stereocenters. The van der Waals surface area contributed by atoms with Crippen molar-refractivity contribution in [3.63, 3.8) is 0 Å². The van der Waals surface area contributed by atoms with E-state index in [1.165, 1.54) is 0 Å². The molecule has 0 heterocycles. The van der Waals surface area contributed by atoms with Crippen LogP contribution in [0.15, 0.2) is 36.4 Å². The van der Waals surface area contributed by atoms with E-state index in [9.17, 15) is 9.90 Å². The lowest BCUT2D eigenvalue weighted by molar-refractivity contribution is -0.0869. The Morgan fingerprint density at radius 2 is 1.63 bits per heavy atom. The minimum atomic E-state index is -1.02. The fourth-order valence-electron chi connectivity index (χ4n) is 3.78. The van der Waals surface area contributed by atoms with Gasteiger partial charge in [0.05, 0.1) is 15.6 Å². The van der Waals surface area contributed by atoms with Crippen molar-refractivity contribution in [2.24, 2.45) is 5.41 Å². The maximum Gasteiger partial charge on any atom is 0.268 e. The molecule has 2 aromatic rings. The first kappa shape index (κ1) is 24.7. The van der Waals surface area contributed by atoms with Crippen LogP contribution < -0.4 is 5.43 Å². The number of carbonyl (C=O) groups is 1. The number of hydrogen-bond donors (Lipinski definition) is 2. The summed E-state index contributed by atoms with van der Waals surface area (Å²) < 4.78 is 0. The van der Waals surface area contributed by atoms with Crippen molar-refractivity contribution in [2.45, 2.75) is 66.7 Å². The molecule has 0 aromatic heterocycles. The average Bonchev–Trinajstić information content (AvgIpc) is 2.62. The topological polar surface area (TPSA) is 52.6 Å². The number of rotatable bonds is 7. The number of halogens is 2. The van der Waals surface area contributed by atoms with Crippen molar-refractivity contribution in [3.8, 4) is 0 Å². The summed E-state index contributed by atoms with van der Waals surface area (Å²) in [4.78, 5) is 13.2. The van der Waals surface area contributed by atoms with Gasteiger partial charge < -0.3 is 5.11 Å². The van der Waals surface area contributed by atoms with Crippen LogP contribution in [0.5, 0.6) is 0 Å². The van der Waals surface area contributed by atoms with Gasteiger partial charge in [-0.05, 0) is 43.4 Å². The summed E-state index contributed by atoms with van der Waals surface area (Å²) in [6.07, 6.45) is 0.674. The van der Waals surface area contributed by atoms with Gasteiger partial charge in [0.15, 0.2) is 0 Å². The van der Waals surface area contributed by atoms with Gasteiger partial charge in [0.25, 0.3) is 5.91 Å². The van der Waals surface area contributed by atoms with Crippen LogP contribution >= 0.6 is 23.2 Å². The lowest BCUT2D eigenvalue weighted by atomic mass is 9.83. The number of nitrogens with zero attached hydrogens (tertiary/aromatic N) is 1. The molecule has 0 radical (unpaired) electrons. The van der Waals surface area contributed by atoms with Crippen molar-refractivity contribution < 1.29 is 9.90 Å². The van der Waals surface area contributed by atoms with E-state index in [0.29, 0.717) is 0 Å². The Morgan fingerprint density at radius 1 is 1.10 bits per heavy atom. The number of benzene rings is 2. The number of aliphatic hydroxyl groups is 1. The van der Waals surface area contributed by atoms with Crippen molar-refractivity contribution >= 4 is 29.1 Å². The van der Waals surface area contributed by atoms with Gasteiger partial charge in [-0.15, -0.1) is 0 Å². The molecule has 164 valence electrons. The van der Waals surface area contributed by atoms with Crippen molar-refractivity contribution in [1.82, 2.24) is 10.4 Å². The molecule has 4 nitrogen and oxygen atoms in total. The van der Waals surface area contributed by atoms with E-state index in [-0.39, 0.29) is 27.1 Å². The molecule has 2 rings (SSSR count). The molecule has 30 heavy (non-hydrogen) atoms. The molecular weight excluding hydrogens is 419 g/mol. The fraction of sp³-hybridized carbons (Fsp3) is 0.458. The first-order valence-electron chi connectivity index (χ1n) is 10.2. The van der Waals surface area contributed by atoms with Crippen LogP contribution in [0.1, 0.15) is 73.8 Å². The first-order chi connectivity index (χ1) is 14.0. The second kappa shape index (κ2) is 10.1. The number of hydrogen-bond acceptors (Lipinski definition) is 3. The van der Waals surface area contributed by atoms with Gasteiger partial charge in [-0.2, -0.15) is 5.01 Å². The van der Waals surface area contributed by atoms with Crippen LogP contribution in [-0.4, -0.2) is 22.1 Å². The summed E-state index contributed by atoms with van der Waals surface area (Å²) in [6.45, 7) is 12.4. The highest BCUT2D eigenvalue weighted by Gasteiger charge is 2.36. The van der Waals surface area contributed by atoms with Gasteiger partial charge in [0, 0.05) is 6.04 Å². The number of aryl methyl sites for hydroxylation is 2. The molecule has 1 amide bonds. The quantitative estimate of drug-likeness (QED) is 0.375. The summed E-state index contributed by atoms with van der Waals surface area (Å²) in [5.41, 5.74) is 5.74.